The smallest absolute Gasteiger partial charge is 0.260 e. The lowest BCUT2D eigenvalue weighted by Gasteiger charge is -2.27. The Morgan fingerprint density at radius 3 is 2.30 bits per heavy atom. The van der Waals surface area contributed by atoms with E-state index < -0.39 is 11.5 Å². The molecular weight excluding hydrogens is 292 g/mol. The fraction of sp³-hybridized carbons (Fsp3) is 0.222. The van der Waals surface area contributed by atoms with Crippen LogP contribution in [0, 0.1) is 6.92 Å². The number of nitrogens with one attached hydrogen (secondary N) is 1. The molecule has 0 unspecified atom stereocenters. The van der Waals surface area contributed by atoms with Crippen molar-refractivity contribution in [1.29, 1.82) is 0 Å². The van der Waals surface area contributed by atoms with Gasteiger partial charge in [0.1, 0.15) is 0 Å². The van der Waals surface area contributed by atoms with E-state index in [1.165, 1.54) is 7.11 Å². The number of hydrogen-bond acceptors (Lipinski definition) is 3. The van der Waals surface area contributed by atoms with Gasteiger partial charge in [0.25, 0.3) is 5.91 Å². The standard InChI is InChI=1S/C18H20N2O3/c1-12-14(16(19)21)10-7-11-15(12)20-17(22)18(2,23-3)13-8-5-4-6-9-13/h4-11H,1-3H3,(H2,19,21)(H,20,22)/t18-/m1/s1. The molecule has 0 heterocycles. The van der Waals surface area contributed by atoms with Crippen LogP contribution in [-0.2, 0) is 15.1 Å². The normalized spacial score (nSPS) is 13.2. The molecule has 23 heavy (non-hydrogen) atoms. The van der Waals surface area contributed by atoms with Gasteiger partial charge in [-0.1, -0.05) is 36.4 Å². The summed E-state index contributed by atoms with van der Waals surface area (Å²) in [6.07, 6.45) is 0. The van der Waals surface area contributed by atoms with Crippen LogP contribution < -0.4 is 11.1 Å². The number of rotatable bonds is 5. The van der Waals surface area contributed by atoms with Crippen molar-refractivity contribution in [2.75, 3.05) is 12.4 Å². The highest BCUT2D eigenvalue weighted by atomic mass is 16.5. The van der Waals surface area contributed by atoms with E-state index in [9.17, 15) is 9.59 Å². The molecule has 2 rings (SSSR count). The van der Waals surface area contributed by atoms with Gasteiger partial charge in [0, 0.05) is 18.4 Å². The highest BCUT2D eigenvalue weighted by molar-refractivity contribution is 6.01. The number of primary amides is 1. The third-order valence-electron chi connectivity index (χ3n) is 4.01. The minimum Gasteiger partial charge on any atom is -0.366 e. The Hall–Kier alpha value is -2.66. The lowest BCUT2D eigenvalue weighted by atomic mass is 9.94. The summed E-state index contributed by atoms with van der Waals surface area (Å²) in [6.45, 7) is 3.44. The van der Waals surface area contributed by atoms with E-state index in [1.807, 2.05) is 30.3 Å². The van der Waals surface area contributed by atoms with Crippen molar-refractivity contribution in [3.63, 3.8) is 0 Å². The molecular formula is C18H20N2O3. The quantitative estimate of drug-likeness (QED) is 0.890. The predicted octanol–water partition coefficient (Wildman–Crippen LogP) is 2.59. The van der Waals surface area contributed by atoms with Gasteiger partial charge < -0.3 is 15.8 Å². The summed E-state index contributed by atoms with van der Waals surface area (Å²) < 4.78 is 5.47. The van der Waals surface area contributed by atoms with E-state index in [-0.39, 0.29) is 5.91 Å². The van der Waals surface area contributed by atoms with E-state index in [4.69, 9.17) is 10.5 Å². The summed E-state index contributed by atoms with van der Waals surface area (Å²) in [5.74, 6) is -0.855. The van der Waals surface area contributed by atoms with Crippen molar-refractivity contribution in [3.8, 4) is 0 Å². The number of carbonyl (C=O) groups is 2. The fourth-order valence-corrected chi connectivity index (χ4v) is 2.38. The van der Waals surface area contributed by atoms with Crippen LogP contribution in [-0.4, -0.2) is 18.9 Å². The molecule has 2 aromatic rings. The van der Waals surface area contributed by atoms with Crippen molar-refractivity contribution in [2.24, 2.45) is 5.73 Å². The topological polar surface area (TPSA) is 81.4 Å². The van der Waals surface area contributed by atoms with Crippen LogP contribution in [0.2, 0.25) is 0 Å². The fourth-order valence-electron chi connectivity index (χ4n) is 2.38. The van der Waals surface area contributed by atoms with Crippen LogP contribution in [0.5, 0.6) is 0 Å². The van der Waals surface area contributed by atoms with Crippen LogP contribution in [0.3, 0.4) is 0 Å². The first-order valence-electron chi connectivity index (χ1n) is 7.21. The number of methoxy groups -OCH3 is 1. The Kier molecular flexibility index (Phi) is 4.81. The van der Waals surface area contributed by atoms with Gasteiger partial charge in [-0.15, -0.1) is 0 Å². The molecule has 120 valence electrons. The number of ether oxygens (including phenoxy) is 1. The number of anilines is 1. The Bertz CT molecular complexity index is 728. The molecule has 2 aromatic carbocycles. The lowest BCUT2D eigenvalue weighted by Crippen LogP contribution is -2.39. The highest BCUT2D eigenvalue weighted by Crippen LogP contribution is 2.27. The molecule has 3 N–H and O–H groups in total. The van der Waals surface area contributed by atoms with Gasteiger partial charge in [-0.25, -0.2) is 0 Å². The second-order valence-electron chi connectivity index (χ2n) is 5.40. The van der Waals surface area contributed by atoms with E-state index in [2.05, 4.69) is 5.32 Å². The van der Waals surface area contributed by atoms with Crippen LogP contribution in [0.15, 0.2) is 48.5 Å². The van der Waals surface area contributed by atoms with Crippen molar-refractivity contribution in [1.82, 2.24) is 0 Å². The number of hydrogen-bond donors (Lipinski definition) is 2. The first-order chi connectivity index (χ1) is 10.9. The molecule has 0 aliphatic rings. The summed E-state index contributed by atoms with van der Waals surface area (Å²) in [5, 5.41) is 2.82. The van der Waals surface area contributed by atoms with Gasteiger partial charge in [-0.2, -0.15) is 0 Å². The number of benzene rings is 2. The minimum atomic E-state index is -1.14. The summed E-state index contributed by atoms with van der Waals surface area (Å²) >= 11 is 0. The molecule has 0 fully saturated rings. The summed E-state index contributed by atoms with van der Waals surface area (Å²) in [7, 11) is 1.49. The molecule has 5 nitrogen and oxygen atoms in total. The molecule has 0 aliphatic heterocycles. The van der Waals surface area contributed by atoms with E-state index in [1.54, 1.807) is 32.0 Å². The van der Waals surface area contributed by atoms with Gasteiger partial charge >= 0.3 is 0 Å². The van der Waals surface area contributed by atoms with Gasteiger partial charge in [-0.05, 0) is 37.1 Å². The predicted molar refractivity (Wildman–Crippen MR) is 89.1 cm³/mol. The highest BCUT2D eigenvalue weighted by Gasteiger charge is 2.35. The van der Waals surface area contributed by atoms with E-state index in [0.717, 1.165) is 5.56 Å². The third-order valence-corrected chi connectivity index (χ3v) is 4.01. The lowest BCUT2D eigenvalue weighted by molar-refractivity contribution is -0.136. The molecule has 2 amide bonds. The second-order valence-corrected chi connectivity index (χ2v) is 5.40. The largest absolute Gasteiger partial charge is 0.366 e. The zero-order chi connectivity index (χ0) is 17.0. The molecule has 0 aromatic heterocycles. The first kappa shape index (κ1) is 16.7. The molecule has 0 saturated carbocycles. The molecule has 0 bridgehead atoms. The molecule has 0 radical (unpaired) electrons. The second kappa shape index (κ2) is 6.62. The number of carbonyl (C=O) groups excluding carboxylic acids is 2. The van der Waals surface area contributed by atoms with E-state index >= 15 is 0 Å². The Balaban J connectivity index is 2.35. The average molecular weight is 312 g/mol. The van der Waals surface area contributed by atoms with Gasteiger partial charge in [0.2, 0.25) is 5.91 Å². The van der Waals surface area contributed by atoms with Gasteiger partial charge in [0.05, 0.1) is 0 Å². The zero-order valence-electron chi connectivity index (χ0n) is 13.4. The number of nitrogens with two attached hydrogens (primary N) is 1. The summed E-state index contributed by atoms with van der Waals surface area (Å²) in [6, 6.07) is 14.2. The first-order valence-corrected chi connectivity index (χ1v) is 7.21. The summed E-state index contributed by atoms with van der Waals surface area (Å²) in [5.41, 5.74) is 6.47. The molecule has 5 heteroatoms. The average Bonchev–Trinajstić information content (AvgIpc) is 2.56. The van der Waals surface area contributed by atoms with E-state index in [0.29, 0.717) is 16.8 Å². The van der Waals surface area contributed by atoms with Crippen LogP contribution in [0.25, 0.3) is 0 Å². The third kappa shape index (κ3) is 3.24. The monoisotopic (exact) mass is 312 g/mol. The van der Waals surface area contributed by atoms with Crippen molar-refractivity contribution >= 4 is 17.5 Å². The maximum absolute atomic E-state index is 12.7. The minimum absolute atomic E-state index is 0.323. The number of amides is 2. The Labute approximate surface area is 135 Å². The van der Waals surface area contributed by atoms with Gasteiger partial charge in [0.15, 0.2) is 5.60 Å². The molecule has 0 spiro atoms. The van der Waals surface area contributed by atoms with Gasteiger partial charge in [-0.3, -0.25) is 9.59 Å². The van der Waals surface area contributed by atoms with Crippen LogP contribution >= 0.6 is 0 Å². The van der Waals surface area contributed by atoms with Crippen molar-refractivity contribution in [3.05, 3.63) is 65.2 Å². The van der Waals surface area contributed by atoms with Crippen molar-refractivity contribution in [2.45, 2.75) is 19.4 Å². The summed E-state index contributed by atoms with van der Waals surface area (Å²) in [4.78, 5) is 24.2. The molecule has 0 saturated heterocycles. The maximum Gasteiger partial charge on any atom is 0.260 e. The molecule has 0 aliphatic carbocycles. The maximum atomic E-state index is 12.7. The van der Waals surface area contributed by atoms with Crippen LogP contribution in [0.4, 0.5) is 5.69 Å². The van der Waals surface area contributed by atoms with Crippen LogP contribution in [0.1, 0.15) is 28.4 Å². The Morgan fingerprint density at radius 2 is 1.74 bits per heavy atom. The van der Waals surface area contributed by atoms with Crippen molar-refractivity contribution < 1.29 is 14.3 Å². The molecule has 1 atom stereocenters. The zero-order valence-corrected chi connectivity index (χ0v) is 13.4. The SMILES string of the molecule is CO[C@@](C)(C(=O)Nc1cccc(C(N)=O)c1C)c1ccccc1. The Morgan fingerprint density at radius 1 is 1.09 bits per heavy atom.